The number of benzene rings is 1. The molecule has 1 aliphatic heterocycles. The van der Waals surface area contributed by atoms with E-state index in [9.17, 15) is 16.8 Å². The summed E-state index contributed by atoms with van der Waals surface area (Å²) >= 11 is 0. The van der Waals surface area contributed by atoms with Crippen molar-refractivity contribution in [3.63, 3.8) is 0 Å². The van der Waals surface area contributed by atoms with Gasteiger partial charge in [-0.1, -0.05) is 18.2 Å². The van der Waals surface area contributed by atoms with Crippen LogP contribution in [0.4, 0.5) is 5.69 Å². The fourth-order valence-corrected chi connectivity index (χ4v) is 5.24. The van der Waals surface area contributed by atoms with Crippen molar-refractivity contribution in [3.8, 4) is 0 Å². The third kappa shape index (κ3) is 2.68. The van der Waals surface area contributed by atoms with Gasteiger partial charge in [-0.3, -0.25) is 4.31 Å². The molecule has 11 heteroatoms. The van der Waals surface area contributed by atoms with E-state index in [-0.39, 0.29) is 23.0 Å². The van der Waals surface area contributed by atoms with Crippen molar-refractivity contribution >= 4 is 25.7 Å². The van der Waals surface area contributed by atoms with Crippen LogP contribution in [-0.2, 0) is 33.5 Å². The lowest BCUT2D eigenvalue weighted by atomic mass is 10.2. The number of aromatic nitrogens is 3. The fourth-order valence-electron chi connectivity index (χ4n) is 2.65. The molecule has 3 rings (SSSR count). The highest BCUT2D eigenvalue weighted by Gasteiger charge is 2.34. The Kier molecular flexibility index (Phi) is 4.10. The molecule has 1 N–H and O–H groups in total. The highest BCUT2D eigenvalue weighted by atomic mass is 32.2. The maximum atomic E-state index is 12.8. The quantitative estimate of drug-likeness (QED) is 0.783. The topological polar surface area (TPSA) is 114 Å². The van der Waals surface area contributed by atoms with Gasteiger partial charge < -0.3 is 0 Å². The Morgan fingerprint density at radius 3 is 2.62 bits per heavy atom. The third-order valence-corrected chi connectivity index (χ3v) is 7.18. The molecule has 0 aliphatic carbocycles. The molecule has 1 aromatic carbocycles. The molecule has 0 amide bonds. The normalized spacial score (nSPS) is 14.8. The lowest BCUT2D eigenvalue weighted by molar-refractivity contribution is 0.570. The second-order valence-electron chi connectivity index (χ2n) is 5.31. The van der Waals surface area contributed by atoms with Crippen LogP contribution < -0.4 is 9.03 Å². The number of aryl methyl sites for hydroxylation is 1. The van der Waals surface area contributed by atoms with E-state index in [2.05, 4.69) is 15.0 Å². The summed E-state index contributed by atoms with van der Waals surface area (Å²) in [5.41, 5.74) is 1.15. The Balaban J connectivity index is 2.08. The Morgan fingerprint density at radius 1 is 1.25 bits per heavy atom. The minimum Gasteiger partial charge on any atom is -0.264 e. The maximum absolute atomic E-state index is 12.8. The van der Waals surface area contributed by atoms with Gasteiger partial charge >= 0.3 is 0 Å². The van der Waals surface area contributed by atoms with E-state index in [0.29, 0.717) is 12.1 Å². The largest absolute Gasteiger partial charge is 0.283 e. The first kappa shape index (κ1) is 16.9. The van der Waals surface area contributed by atoms with E-state index in [1.54, 1.807) is 13.0 Å². The smallest absolute Gasteiger partial charge is 0.264 e. The molecule has 9 nitrogen and oxygen atoms in total. The predicted molar refractivity (Wildman–Crippen MR) is 86.5 cm³/mol. The number of nitrogens with zero attached hydrogens (tertiary/aromatic N) is 4. The number of hydrogen-bond donors (Lipinski definition) is 1. The molecule has 0 atom stereocenters. The van der Waals surface area contributed by atoms with Crippen LogP contribution in [0.15, 0.2) is 34.3 Å². The molecule has 0 spiro atoms. The summed E-state index contributed by atoms with van der Waals surface area (Å²) in [6, 6.07) is 4.52. The third-order valence-electron chi connectivity index (χ3n) is 3.78. The number of rotatable bonds is 5. The molecule has 1 aliphatic rings. The van der Waals surface area contributed by atoms with Crippen molar-refractivity contribution in [1.29, 1.82) is 0 Å². The molecule has 1 aromatic heterocycles. The zero-order valence-corrected chi connectivity index (χ0v) is 14.8. The van der Waals surface area contributed by atoms with Crippen LogP contribution in [0.2, 0.25) is 0 Å². The zero-order chi connectivity index (χ0) is 17.5. The Labute approximate surface area is 140 Å². The van der Waals surface area contributed by atoms with Crippen molar-refractivity contribution in [2.45, 2.75) is 23.3 Å². The number of anilines is 1. The van der Waals surface area contributed by atoms with Crippen molar-refractivity contribution in [3.05, 3.63) is 30.0 Å². The van der Waals surface area contributed by atoms with Gasteiger partial charge in [0.2, 0.25) is 10.0 Å². The minimum atomic E-state index is -3.86. The minimum absolute atomic E-state index is 0.0355. The maximum Gasteiger partial charge on any atom is 0.283 e. The van der Waals surface area contributed by atoms with Crippen LogP contribution in [0.1, 0.15) is 12.5 Å². The molecule has 0 unspecified atom stereocenters. The van der Waals surface area contributed by atoms with Gasteiger partial charge in [0.05, 0.1) is 16.8 Å². The summed E-state index contributed by atoms with van der Waals surface area (Å²) in [6.07, 6.45) is 1.69. The van der Waals surface area contributed by atoms with Crippen LogP contribution in [0.3, 0.4) is 0 Å². The van der Waals surface area contributed by atoms with Gasteiger partial charge in [-0.2, -0.15) is 8.42 Å². The van der Waals surface area contributed by atoms with Gasteiger partial charge in [0, 0.05) is 20.1 Å². The number of nitrogens with one attached hydrogen (secondary N) is 1. The molecule has 130 valence electrons. The van der Waals surface area contributed by atoms with Gasteiger partial charge in [-0.05, 0) is 24.1 Å². The first-order valence-electron chi connectivity index (χ1n) is 7.27. The molecule has 0 bridgehead atoms. The second-order valence-corrected chi connectivity index (χ2v) is 8.89. The SMILES string of the molecule is CCNS(=O)(=O)c1ccc2c(c1)N(S(=O)(=O)c1cnnn1C)CC2. The Bertz CT molecular complexity index is 982. The Morgan fingerprint density at radius 2 is 2.00 bits per heavy atom. The van der Waals surface area contributed by atoms with Crippen LogP contribution in [0.5, 0.6) is 0 Å². The van der Waals surface area contributed by atoms with Gasteiger partial charge in [0.25, 0.3) is 10.0 Å². The molecule has 2 heterocycles. The molecule has 24 heavy (non-hydrogen) atoms. The van der Waals surface area contributed by atoms with E-state index in [1.165, 1.54) is 34.4 Å². The summed E-state index contributed by atoms with van der Waals surface area (Å²) in [7, 11) is -6.03. The predicted octanol–water partition coefficient (Wildman–Crippen LogP) is -0.135. The van der Waals surface area contributed by atoms with E-state index in [1.807, 2.05) is 0 Å². The fraction of sp³-hybridized carbons (Fsp3) is 0.385. The second kappa shape index (κ2) is 5.83. The lowest BCUT2D eigenvalue weighted by Gasteiger charge is -2.19. The number of fused-ring (bicyclic) bond motifs is 1. The lowest BCUT2D eigenvalue weighted by Crippen LogP contribution is -2.31. The number of sulfonamides is 2. The van der Waals surface area contributed by atoms with Crippen molar-refractivity contribution in [2.24, 2.45) is 7.05 Å². The zero-order valence-electron chi connectivity index (χ0n) is 13.2. The molecule has 0 saturated carbocycles. The van der Waals surface area contributed by atoms with Crippen molar-refractivity contribution in [1.82, 2.24) is 19.7 Å². The summed E-state index contributed by atoms with van der Waals surface area (Å²) in [6.45, 7) is 2.17. The van der Waals surface area contributed by atoms with Crippen LogP contribution >= 0.6 is 0 Å². The summed E-state index contributed by atoms with van der Waals surface area (Å²) < 4.78 is 54.8. The van der Waals surface area contributed by atoms with Crippen LogP contribution in [0, 0.1) is 0 Å². The molecule has 0 radical (unpaired) electrons. The molecular formula is C13H17N5O4S2. The average molecular weight is 371 g/mol. The van der Waals surface area contributed by atoms with E-state index >= 15 is 0 Å². The van der Waals surface area contributed by atoms with Crippen LogP contribution in [0.25, 0.3) is 0 Å². The molecular weight excluding hydrogens is 354 g/mol. The Hall–Kier alpha value is -1.98. The van der Waals surface area contributed by atoms with E-state index in [4.69, 9.17) is 0 Å². The average Bonchev–Trinajstić information content (AvgIpc) is 3.12. The summed E-state index contributed by atoms with van der Waals surface area (Å²) in [4.78, 5) is 0.0355. The molecule has 0 saturated heterocycles. The van der Waals surface area contributed by atoms with E-state index < -0.39 is 20.0 Å². The highest BCUT2D eigenvalue weighted by molar-refractivity contribution is 7.92. The first-order chi connectivity index (χ1) is 11.3. The highest BCUT2D eigenvalue weighted by Crippen LogP contribution is 2.34. The van der Waals surface area contributed by atoms with Crippen molar-refractivity contribution in [2.75, 3.05) is 17.4 Å². The summed E-state index contributed by atoms with van der Waals surface area (Å²) in [5.74, 6) is 0. The van der Waals surface area contributed by atoms with Gasteiger partial charge in [0.15, 0.2) is 5.03 Å². The van der Waals surface area contributed by atoms with Gasteiger partial charge in [-0.25, -0.2) is 17.8 Å². The van der Waals surface area contributed by atoms with Gasteiger partial charge in [0.1, 0.15) is 0 Å². The monoisotopic (exact) mass is 371 g/mol. The van der Waals surface area contributed by atoms with Crippen LogP contribution in [-0.4, -0.2) is 44.9 Å². The number of hydrogen-bond acceptors (Lipinski definition) is 6. The van der Waals surface area contributed by atoms with Gasteiger partial charge in [-0.15, -0.1) is 5.10 Å². The molecule has 0 fully saturated rings. The molecule has 2 aromatic rings. The standard InChI is InChI=1S/C13H17N5O4S2/c1-3-15-23(19,20)11-5-4-10-6-7-18(12(10)8-11)24(21,22)13-9-14-16-17(13)2/h4-5,8-9,15H,3,6-7H2,1-2H3. The first-order valence-corrected chi connectivity index (χ1v) is 10.2. The van der Waals surface area contributed by atoms with E-state index in [0.717, 1.165) is 5.56 Å². The van der Waals surface area contributed by atoms with Crippen molar-refractivity contribution < 1.29 is 16.8 Å². The summed E-state index contributed by atoms with van der Waals surface area (Å²) in [5, 5.41) is 7.20.